The van der Waals surface area contributed by atoms with Crippen molar-refractivity contribution in [1.82, 2.24) is 9.21 Å². The molecule has 1 aromatic heterocycles. The van der Waals surface area contributed by atoms with Gasteiger partial charge in [-0.15, -0.1) is 11.3 Å². The molecule has 1 aromatic rings. The molecule has 2 aliphatic rings. The van der Waals surface area contributed by atoms with Crippen molar-refractivity contribution < 1.29 is 13.2 Å². The number of rotatable bonds is 3. The first kappa shape index (κ1) is 18.2. The maximum absolute atomic E-state index is 12.7. The quantitative estimate of drug-likeness (QED) is 0.796. The molecule has 0 spiro atoms. The Bertz CT molecular complexity index is 673. The minimum atomic E-state index is -3.48. The lowest BCUT2D eigenvalue weighted by Crippen LogP contribution is -2.44. The van der Waals surface area contributed by atoms with Crippen LogP contribution >= 0.6 is 22.9 Å². The molecule has 2 fully saturated rings. The Morgan fingerprint density at radius 2 is 1.67 bits per heavy atom. The Kier molecular flexibility index (Phi) is 5.85. The molecule has 24 heavy (non-hydrogen) atoms. The van der Waals surface area contributed by atoms with Crippen LogP contribution in [0.3, 0.4) is 0 Å². The molecule has 0 atom stereocenters. The van der Waals surface area contributed by atoms with Gasteiger partial charge >= 0.3 is 0 Å². The molecule has 0 bridgehead atoms. The summed E-state index contributed by atoms with van der Waals surface area (Å²) in [5, 5.41) is 0. The lowest BCUT2D eigenvalue weighted by Gasteiger charge is -2.33. The van der Waals surface area contributed by atoms with Gasteiger partial charge in [-0.2, -0.15) is 4.31 Å². The number of hydrogen-bond donors (Lipinski definition) is 0. The zero-order valence-electron chi connectivity index (χ0n) is 13.6. The zero-order chi connectivity index (χ0) is 17.2. The Morgan fingerprint density at radius 3 is 2.21 bits per heavy atom. The van der Waals surface area contributed by atoms with Crippen LogP contribution in [0.15, 0.2) is 16.3 Å². The third-order valence-corrected chi connectivity index (χ3v) is 8.46. The van der Waals surface area contributed by atoms with Gasteiger partial charge in [-0.05, 0) is 37.8 Å². The van der Waals surface area contributed by atoms with Crippen LogP contribution in [-0.4, -0.2) is 49.7 Å². The van der Waals surface area contributed by atoms with E-state index >= 15 is 0 Å². The maximum Gasteiger partial charge on any atom is 0.252 e. The highest BCUT2D eigenvalue weighted by Crippen LogP contribution is 2.31. The van der Waals surface area contributed by atoms with Crippen molar-refractivity contribution in [3.63, 3.8) is 0 Å². The zero-order valence-corrected chi connectivity index (χ0v) is 16.0. The topological polar surface area (TPSA) is 57.7 Å². The van der Waals surface area contributed by atoms with Crippen molar-refractivity contribution in [2.45, 2.75) is 42.7 Å². The van der Waals surface area contributed by atoms with Crippen LogP contribution in [-0.2, 0) is 14.8 Å². The van der Waals surface area contributed by atoms with Gasteiger partial charge in [0.2, 0.25) is 5.91 Å². The Hall–Kier alpha value is -0.630. The van der Waals surface area contributed by atoms with Crippen molar-refractivity contribution in [2.75, 3.05) is 26.2 Å². The van der Waals surface area contributed by atoms with E-state index in [4.69, 9.17) is 11.6 Å². The summed E-state index contributed by atoms with van der Waals surface area (Å²) < 4.78 is 27.5. The fourth-order valence-electron chi connectivity index (χ4n) is 3.46. The molecular formula is C16H23ClN2O3S2. The van der Waals surface area contributed by atoms with Crippen molar-refractivity contribution in [3.05, 3.63) is 16.5 Å². The number of carbonyl (C=O) groups excluding carboxylic acids is 1. The Balaban J connectivity index is 1.60. The van der Waals surface area contributed by atoms with Crippen molar-refractivity contribution in [1.29, 1.82) is 0 Å². The first-order chi connectivity index (χ1) is 11.5. The highest BCUT2D eigenvalue weighted by molar-refractivity contribution is 7.91. The molecule has 0 N–H and O–H groups in total. The van der Waals surface area contributed by atoms with Crippen molar-refractivity contribution in [2.24, 2.45) is 5.92 Å². The number of halogens is 1. The monoisotopic (exact) mass is 390 g/mol. The predicted octanol–water partition coefficient (Wildman–Crippen LogP) is 3.20. The molecule has 0 radical (unpaired) electrons. The van der Waals surface area contributed by atoms with Gasteiger partial charge in [-0.25, -0.2) is 8.42 Å². The molecule has 2 aliphatic heterocycles. The molecule has 1 amide bonds. The van der Waals surface area contributed by atoms with Gasteiger partial charge in [0.25, 0.3) is 10.0 Å². The standard InChI is InChI=1S/C16H23ClN2O3S2/c17-14-5-6-15(23-14)24(21,22)19-11-7-13(8-12-19)16(20)18-9-3-1-2-4-10-18/h5-6,13H,1-4,7-12H2. The Morgan fingerprint density at radius 1 is 1.04 bits per heavy atom. The van der Waals surface area contributed by atoms with Crippen LogP contribution in [0.2, 0.25) is 4.34 Å². The molecule has 3 rings (SSSR count). The van der Waals surface area contributed by atoms with E-state index in [1.165, 1.54) is 17.1 Å². The van der Waals surface area contributed by atoms with Gasteiger partial charge in [-0.1, -0.05) is 24.4 Å². The molecule has 0 aromatic carbocycles. The summed E-state index contributed by atoms with van der Waals surface area (Å²) >= 11 is 6.94. The highest BCUT2D eigenvalue weighted by atomic mass is 35.5. The van der Waals surface area contributed by atoms with Crippen molar-refractivity contribution in [3.8, 4) is 0 Å². The lowest BCUT2D eigenvalue weighted by atomic mass is 9.96. The first-order valence-electron chi connectivity index (χ1n) is 8.53. The van der Waals surface area contributed by atoms with E-state index in [-0.39, 0.29) is 16.0 Å². The second kappa shape index (κ2) is 7.72. The molecule has 0 aliphatic carbocycles. The van der Waals surface area contributed by atoms with Crippen LogP contribution in [0, 0.1) is 5.92 Å². The Labute approximate surface area is 152 Å². The molecular weight excluding hydrogens is 368 g/mol. The number of likely N-dealkylation sites (tertiary alicyclic amines) is 1. The molecule has 0 unspecified atom stereocenters. The van der Waals surface area contributed by atoms with E-state index in [2.05, 4.69) is 0 Å². The van der Waals surface area contributed by atoms with Crippen LogP contribution in [0.5, 0.6) is 0 Å². The molecule has 0 saturated carbocycles. The van der Waals surface area contributed by atoms with E-state index in [0.29, 0.717) is 30.3 Å². The van der Waals surface area contributed by atoms with Gasteiger partial charge in [0.15, 0.2) is 0 Å². The fraction of sp³-hybridized carbons (Fsp3) is 0.688. The second-order valence-electron chi connectivity index (χ2n) is 6.48. The van der Waals surface area contributed by atoms with Crippen LogP contribution in [0.1, 0.15) is 38.5 Å². The number of carbonyl (C=O) groups is 1. The average Bonchev–Trinajstić information content (AvgIpc) is 2.86. The van der Waals surface area contributed by atoms with E-state index in [9.17, 15) is 13.2 Å². The molecule has 2 saturated heterocycles. The number of thiophene rings is 1. The molecule has 5 nitrogen and oxygen atoms in total. The predicted molar refractivity (Wildman–Crippen MR) is 95.9 cm³/mol. The highest BCUT2D eigenvalue weighted by Gasteiger charge is 2.34. The summed E-state index contributed by atoms with van der Waals surface area (Å²) in [6.07, 6.45) is 5.77. The van der Waals surface area contributed by atoms with E-state index in [1.54, 1.807) is 12.1 Å². The third kappa shape index (κ3) is 3.95. The molecule has 3 heterocycles. The van der Waals surface area contributed by atoms with E-state index in [0.717, 1.165) is 37.3 Å². The van der Waals surface area contributed by atoms with E-state index < -0.39 is 10.0 Å². The van der Waals surface area contributed by atoms with Gasteiger partial charge in [-0.3, -0.25) is 4.79 Å². The van der Waals surface area contributed by atoms with Crippen LogP contribution in [0.4, 0.5) is 0 Å². The average molecular weight is 391 g/mol. The number of piperidine rings is 1. The number of hydrogen-bond acceptors (Lipinski definition) is 4. The van der Waals surface area contributed by atoms with Gasteiger partial charge in [0.1, 0.15) is 4.21 Å². The summed E-state index contributed by atoms with van der Waals surface area (Å²) in [6.45, 7) is 2.51. The minimum absolute atomic E-state index is 0.0403. The second-order valence-corrected chi connectivity index (χ2v) is 10.4. The largest absolute Gasteiger partial charge is 0.342 e. The van der Waals surface area contributed by atoms with Gasteiger partial charge in [0.05, 0.1) is 4.34 Å². The van der Waals surface area contributed by atoms with Crippen molar-refractivity contribution >= 4 is 38.9 Å². The third-order valence-electron chi connectivity index (χ3n) is 4.86. The normalized spacial score (nSPS) is 21.6. The number of nitrogens with zero attached hydrogens (tertiary/aromatic N) is 2. The van der Waals surface area contributed by atoms with Crippen LogP contribution < -0.4 is 0 Å². The van der Waals surface area contributed by atoms with Gasteiger partial charge < -0.3 is 4.90 Å². The summed E-state index contributed by atoms with van der Waals surface area (Å²) in [7, 11) is -3.48. The SMILES string of the molecule is O=C(C1CCN(S(=O)(=O)c2ccc(Cl)s2)CC1)N1CCCCCC1. The fourth-order valence-corrected chi connectivity index (χ4v) is 6.56. The van der Waals surface area contributed by atoms with Crippen LogP contribution in [0.25, 0.3) is 0 Å². The lowest BCUT2D eigenvalue weighted by molar-refractivity contribution is -0.136. The smallest absolute Gasteiger partial charge is 0.252 e. The van der Waals surface area contributed by atoms with E-state index in [1.807, 2.05) is 4.90 Å². The number of sulfonamides is 1. The minimum Gasteiger partial charge on any atom is -0.342 e. The maximum atomic E-state index is 12.7. The summed E-state index contributed by atoms with van der Waals surface area (Å²) in [6, 6.07) is 3.16. The number of amides is 1. The molecule has 134 valence electrons. The first-order valence-corrected chi connectivity index (χ1v) is 11.2. The van der Waals surface area contributed by atoms with Gasteiger partial charge in [0, 0.05) is 32.1 Å². The summed E-state index contributed by atoms with van der Waals surface area (Å²) in [5.74, 6) is 0.176. The summed E-state index contributed by atoms with van der Waals surface area (Å²) in [5.41, 5.74) is 0. The summed E-state index contributed by atoms with van der Waals surface area (Å²) in [4.78, 5) is 14.7. The molecule has 8 heteroatoms.